The summed E-state index contributed by atoms with van der Waals surface area (Å²) in [5, 5.41) is 9.34. The maximum absolute atomic E-state index is 12.9. The molecule has 1 atom stereocenters. The minimum absolute atomic E-state index is 0.0355. The Labute approximate surface area is 156 Å². The summed E-state index contributed by atoms with van der Waals surface area (Å²) in [5.41, 5.74) is 2.57. The molecule has 1 aromatic carbocycles. The van der Waals surface area contributed by atoms with Gasteiger partial charge in [-0.15, -0.1) is 16.9 Å². The van der Waals surface area contributed by atoms with Gasteiger partial charge in [0.2, 0.25) is 0 Å². The third kappa shape index (κ3) is 3.22. The first kappa shape index (κ1) is 16.8. The van der Waals surface area contributed by atoms with Gasteiger partial charge < -0.3 is 4.90 Å². The highest BCUT2D eigenvalue weighted by molar-refractivity contribution is 7.98. The van der Waals surface area contributed by atoms with Gasteiger partial charge in [-0.2, -0.15) is 0 Å². The van der Waals surface area contributed by atoms with Gasteiger partial charge in [0.05, 0.1) is 17.8 Å². The molecule has 0 bridgehead atoms. The lowest BCUT2D eigenvalue weighted by atomic mass is 10.2. The van der Waals surface area contributed by atoms with Crippen LogP contribution in [-0.2, 0) is 0 Å². The number of aromatic nitrogens is 4. The van der Waals surface area contributed by atoms with E-state index < -0.39 is 0 Å². The Morgan fingerprint density at radius 2 is 2.04 bits per heavy atom. The van der Waals surface area contributed by atoms with E-state index >= 15 is 0 Å². The molecule has 4 rings (SSSR count). The maximum Gasteiger partial charge on any atom is 0.256 e. The third-order valence-electron chi connectivity index (χ3n) is 4.60. The summed E-state index contributed by atoms with van der Waals surface area (Å²) in [6.07, 6.45) is 6.49. The second-order valence-corrected chi connectivity index (χ2v) is 7.00. The van der Waals surface area contributed by atoms with Crippen molar-refractivity contribution in [1.29, 1.82) is 0 Å². The molecule has 0 spiro atoms. The normalized spacial score (nSPS) is 16.8. The lowest BCUT2D eigenvalue weighted by molar-refractivity contribution is 0.0782. The molecule has 7 heteroatoms. The Morgan fingerprint density at radius 3 is 2.85 bits per heavy atom. The van der Waals surface area contributed by atoms with Crippen LogP contribution in [0.25, 0.3) is 11.3 Å². The molecule has 0 N–H and O–H groups in total. The van der Waals surface area contributed by atoms with Crippen molar-refractivity contribution in [1.82, 2.24) is 24.9 Å². The van der Waals surface area contributed by atoms with E-state index in [0.29, 0.717) is 18.7 Å². The van der Waals surface area contributed by atoms with E-state index in [1.54, 1.807) is 6.20 Å². The molecule has 132 valence electrons. The molecule has 1 aliphatic heterocycles. The summed E-state index contributed by atoms with van der Waals surface area (Å²) in [7, 11) is 0. The van der Waals surface area contributed by atoms with Gasteiger partial charge in [-0.05, 0) is 24.8 Å². The number of hydrogen-bond donors (Lipinski definition) is 0. The van der Waals surface area contributed by atoms with E-state index in [4.69, 9.17) is 0 Å². The van der Waals surface area contributed by atoms with E-state index in [0.717, 1.165) is 22.7 Å². The van der Waals surface area contributed by atoms with Crippen LogP contribution in [0.3, 0.4) is 0 Å². The maximum atomic E-state index is 12.9. The van der Waals surface area contributed by atoms with Crippen LogP contribution in [0.15, 0.2) is 59.9 Å². The smallest absolute Gasteiger partial charge is 0.256 e. The highest BCUT2D eigenvalue weighted by Gasteiger charge is 2.30. The summed E-state index contributed by atoms with van der Waals surface area (Å²) < 4.78 is 1.88. The standard InChI is InChI=1S/C19H19N5OS/c1-26-18-16(8-5-10-20-18)19(25)23-11-9-15(12-23)24-13-17(21-22-24)14-6-3-2-4-7-14/h2-8,10,13,15H,9,11-12H2,1H3. The van der Waals surface area contributed by atoms with Crippen LogP contribution < -0.4 is 0 Å². The first-order chi connectivity index (χ1) is 12.8. The van der Waals surface area contributed by atoms with Crippen LogP contribution in [0.4, 0.5) is 0 Å². The minimum atomic E-state index is 0.0355. The van der Waals surface area contributed by atoms with Gasteiger partial charge in [0.25, 0.3) is 5.91 Å². The Kier molecular flexibility index (Phi) is 4.71. The Morgan fingerprint density at radius 1 is 1.19 bits per heavy atom. The van der Waals surface area contributed by atoms with Crippen molar-refractivity contribution in [3.05, 3.63) is 60.4 Å². The predicted octanol–water partition coefficient (Wildman–Crippen LogP) is 3.15. The van der Waals surface area contributed by atoms with Crippen molar-refractivity contribution in [3.63, 3.8) is 0 Å². The molecule has 1 saturated heterocycles. The van der Waals surface area contributed by atoms with Crippen LogP contribution in [0.2, 0.25) is 0 Å². The molecule has 0 saturated carbocycles. The molecule has 3 aromatic rings. The quantitative estimate of drug-likeness (QED) is 0.665. The molecule has 1 amide bonds. The second-order valence-electron chi connectivity index (χ2n) is 6.20. The van der Waals surface area contributed by atoms with Crippen LogP contribution >= 0.6 is 11.8 Å². The number of amides is 1. The van der Waals surface area contributed by atoms with Crippen LogP contribution in [0.1, 0.15) is 22.8 Å². The van der Waals surface area contributed by atoms with Crippen LogP contribution in [0, 0.1) is 0 Å². The molecular formula is C19H19N5OS. The zero-order chi connectivity index (χ0) is 17.9. The minimum Gasteiger partial charge on any atom is -0.336 e. The summed E-state index contributed by atoms with van der Waals surface area (Å²) >= 11 is 1.49. The van der Waals surface area contributed by atoms with Gasteiger partial charge in [0.1, 0.15) is 10.7 Å². The molecule has 1 fully saturated rings. The van der Waals surface area contributed by atoms with Crippen molar-refractivity contribution >= 4 is 17.7 Å². The number of carbonyl (C=O) groups is 1. The lowest BCUT2D eigenvalue weighted by Gasteiger charge is -2.17. The fourth-order valence-electron chi connectivity index (χ4n) is 3.23. The SMILES string of the molecule is CSc1ncccc1C(=O)N1CCC(n2cc(-c3ccccc3)nn2)C1. The van der Waals surface area contributed by atoms with Crippen molar-refractivity contribution in [2.24, 2.45) is 0 Å². The van der Waals surface area contributed by atoms with Gasteiger partial charge in [-0.3, -0.25) is 4.79 Å². The second kappa shape index (κ2) is 7.29. The third-order valence-corrected chi connectivity index (χ3v) is 5.31. The van der Waals surface area contributed by atoms with Crippen LogP contribution in [-0.4, -0.2) is 50.1 Å². The first-order valence-electron chi connectivity index (χ1n) is 8.52. The van der Waals surface area contributed by atoms with E-state index in [1.807, 2.05) is 64.5 Å². The number of carbonyl (C=O) groups excluding carboxylic acids is 1. The van der Waals surface area contributed by atoms with Crippen molar-refractivity contribution in [2.45, 2.75) is 17.5 Å². The summed E-state index contributed by atoms with van der Waals surface area (Å²) in [6.45, 7) is 1.35. The molecule has 3 heterocycles. The monoisotopic (exact) mass is 365 g/mol. The van der Waals surface area contributed by atoms with E-state index in [1.165, 1.54) is 11.8 Å². The van der Waals surface area contributed by atoms with Gasteiger partial charge in [-0.1, -0.05) is 35.5 Å². The number of thioether (sulfide) groups is 1. The predicted molar refractivity (Wildman–Crippen MR) is 101 cm³/mol. The Balaban J connectivity index is 1.49. The molecular weight excluding hydrogens is 346 g/mol. The Hall–Kier alpha value is -2.67. The topological polar surface area (TPSA) is 63.9 Å². The molecule has 26 heavy (non-hydrogen) atoms. The van der Waals surface area contributed by atoms with Crippen molar-refractivity contribution in [3.8, 4) is 11.3 Å². The number of rotatable bonds is 4. The van der Waals surface area contributed by atoms with Gasteiger partial charge in [-0.25, -0.2) is 9.67 Å². The number of pyridine rings is 1. The first-order valence-corrected chi connectivity index (χ1v) is 9.74. The average molecular weight is 365 g/mol. The number of hydrogen-bond acceptors (Lipinski definition) is 5. The fourth-order valence-corrected chi connectivity index (χ4v) is 3.77. The van der Waals surface area contributed by atoms with E-state index in [9.17, 15) is 4.79 Å². The molecule has 0 aliphatic carbocycles. The molecule has 2 aromatic heterocycles. The lowest BCUT2D eigenvalue weighted by Crippen LogP contribution is -2.29. The highest BCUT2D eigenvalue weighted by atomic mass is 32.2. The Bertz CT molecular complexity index is 911. The van der Waals surface area contributed by atoms with Gasteiger partial charge in [0, 0.05) is 24.8 Å². The largest absolute Gasteiger partial charge is 0.336 e. The zero-order valence-corrected chi connectivity index (χ0v) is 15.3. The fraction of sp³-hybridized carbons (Fsp3) is 0.263. The van der Waals surface area contributed by atoms with Crippen LogP contribution in [0.5, 0.6) is 0 Å². The number of nitrogens with zero attached hydrogens (tertiary/aromatic N) is 5. The zero-order valence-electron chi connectivity index (χ0n) is 14.4. The van der Waals surface area contributed by atoms with Crippen molar-refractivity contribution in [2.75, 3.05) is 19.3 Å². The number of likely N-dealkylation sites (tertiary alicyclic amines) is 1. The average Bonchev–Trinajstić information content (AvgIpc) is 3.37. The van der Waals surface area contributed by atoms with Gasteiger partial charge in [0.15, 0.2) is 0 Å². The summed E-state index contributed by atoms with van der Waals surface area (Å²) in [5.74, 6) is 0.0355. The molecule has 1 aliphatic rings. The van der Waals surface area contributed by atoms with Crippen molar-refractivity contribution < 1.29 is 4.79 Å². The van der Waals surface area contributed by atoms with E-state index in [2.05, 4.69) is 15.3 Å². The molecule has 6 nitrogen and oxygen atoms in total. The summed E-state index contributed by atoms with van der Waals surface area (Å²) in [4.78, 5) is 19.0. The highest BCUT2D eigenvalue weighted by Crippen LogP contribution is 2.26. The van der Waals surface area contributed by atoms with E-state index in [-0.39, 0.29) is 11.9 Å². The summed E-state index contributed by atoms with van der Waals surface area (Å²) in [6, 6.07) is 13.8. The molecule has 0 radical (unpaired) electrons. The van der Waals surface area contributed by atoms with Gasteiger partial charge >= 0.3 is 0 Å². The molecule has 1 unspecified atom stereocenters. The number of benzene rings is 1.